The molecule has 3 rings (SSSR count). The molecule has 2 fully saturated rings. The lowest BCUT2D eigenvalue weighted by Gasteiger charge is -2.31. The van der Waals surface area contributed by atoms with Gasteiger partial charge >= 0.3 is 6.09 Å². The van der Waals surface area contributed by atoms with Crippen LogP contribution in [0.25, 0.3) is 0 Å². The van der Waals surface area contributed by atoms with Gasteiger partial charge in [-0.3, -0.25) is 4.90 Å². The first-order chi connectivity index (χ1) is 14.2. The Kier molecular flexibility index (Phi) is 7.60. The Morgan fingerprint density at radius 3 is 2.60 bits per heavy atom. The normalized spacial score (nSPS) is 23.7. The lowest BCUT2D eigenvalue weighted by atomic mass is 9.94. The van der Waals surface area contributed by atoms with E-state index in [0.29, 0.717) is 39.1 Å². The molecule has 10 heteroatoms. The van der Waals surface area contributed by atoms with Gasteiger partial charge in [0, 0.05) is 25.7 Å². The third-order valence-corrected chi connectivity index (χ3v) is 8.24. The topological polar surface area (TPSA) is 78.9 Å². The van der Waals surface area contributed by atoms with Gasteiger partial charge in [0.2, 0.25) is 10.0 Å². The largest absolute Gasteiger partial charge is 0.450 e. The van der Waals surface area contributed by atoms with Crippen molar-refractivity contribution < 1.29 is 22.3 Å². The predicted octanol–water partition coefficient (Wildman–Crippen LogP) is 3.01. The Balaban J connectivity index is 1.59. The molecular formula is C20H29ClFN3O4S. The van der Waals surface area contributed by atoms with Gasteiger partial charge in [0.1, 0.15) is 5.82 Å². The number of benzene rings is 1. The zero-order valence-electron chi connectivity index (χ0n) is 17.3. The number of carbonyl (C=O) groups excluding carboxylic acids is 1. The fraction of sp³-hybridized carbons (Fsp3) is 0.650. The molecule has 1 aromatic carbocycles. The molecule has 0 bridgehead atoms. The Labute approximate surface area is 182 Å². The highest BCUT2D eigenvalue weighted by molar-refractivity contribution is 7.90. The maximum absolute atomic E-state index is 13.9. The summed E-state index contributed by atoms with van der Waals surface area (Å²) in [5.74, 6) is -0.438. The van der Waals surface area contributed by atoms with Gasteiger partial charge in [-0.25, -0.2) is 22.3 Å². The number of carbonyl (C=O) groups is 1. The molecular weight excluding hydrogens is 433 g/mol. The van der Waals surface area contributed by atoms with E-state index >= 15 is 0 Å². The number of piperidine rings is 1. The van der Waals surface area contributed by atoms with Crippen molar-refractivity contribution in [2.45, 2.75) is 37.5 Å². The second-order valence-electron chi connectivity index (χ2n) is 7.93. The Morgan fingerprint density at radius 1 is 1.27 bits per heavy atom. The first-order valence-corrected chi connectivity index (χ1v) is 12.2. The molecule has 2 unspecified atom stereocenters. The van der Waals surface area contributed by atoms with Gasteiger partial charge in [-0.15, -0.1) is 0 Å². The van der Waals surface area contributed by atoms with Crippen molar-refractivity contribution in [1.82, 2.24) is 14.5 Å². The lowest BCUT2D eigenvalue weighted by Crippen LogP contribution is -2.46. The summed E-state index contributed by atoms with van der Waals surface area (Å²) in [6.45, 7) is 3.86. The summed E-state index contributed by atoms with van der Waals surface area (Å²) < 4.78 is 47.4. The quantitative estimate of drug-likeness (QED) is 0.704. The third-order valence-electron chi connectivity index (χ3n) is 6.01. The van der Waals surface area contributed by atoms with Crippen LogP contribution in [0.5, 0.6) is 0 Å². The molecule has 0 spiro atoms. The van der Waals surface area contributed by atoms with E-state index < -0.39 is 27.2 Å². The molecule has 1 N–H and O–H groups in total. The minimum Gasteiger partial charge on any atom is -0.450 e. The van der Waals surface area contributed by atoms with Gasteiger partial charge in [-0.2, -0.15) is 0 Å². The fourth-order valence-electron chi connectivity index (χ4n) is 4.37. The highest BCUT2D eigenvalue weighted by Gasteiger charge is 2.36. The molecule has 1 aromatic rings. The van der Waals surface area contributed by atoms with E-state index in [1.807, 2.05) is 7.05 Å². The average Bonchev–Trinajstić information content (AvgIpc) is 3.09. The average molecular weight is 462 g/mol. The van der Waals surface area contributed by atoms with Gasteiger partial charge in [0.25, 0.3) is 0 Å². The summed E-state index contributed by atoms with van der Waals surface area (Å²) >= 11 is 5.80. The summed E-state index contributed by atoms with van der Waals surface area (Å²) in [5.41, 5.74) is 0.795. The number of sulfonamides is 1. The predicted molar refractivity (Wildman–Crippen MR) is 113 cm³/mol. The standard InChI is InChI=1S/C20H29ClFN3O4S/c1-3-29-20(26)25-10-7-16(8-11-25)30(27,28)23-13-15-6-9-24(2)19(15)14-4-5-17(21)18(22)12-14/h4-5,12,15-16,19,23H,3,6-11,13H2,1-2H3. The molecule has 30 heavy (non-hydrogen) atoms. The van der Waals surface area contributed by atoms with Gasteiger partial charge in [-0.05, 0) is 63.4 Å². The van der Waals surface area contributed by atoms with E-state index in [1.54, 1.807) is 17.9 Å². The molecule has 7 nitrogen and oxygen atoms in total. The highest BCUT2D eigenvalue weighted by atomic mass is 35.5. The molecule has 2 saturated heterocycles. The third kappa shape index (κ3) is 5.25. The van der Waals surface area contributed by atoms with E-state index in [4.69, 9.17) is 16.3 Å². The van der Waals surface area contributed by atoms with Crippen LogP contribution < -0.4 is 4.72 Å². The van der Waals surface area contributed by atoms with E-state index in [-0.39, 0.29) is 17.0 Å². The maximum Gasteiger partial charge on any atom is 0.409 e. The van der Waals surface area contributed by atoms with Crippen LogP contribution in [0.15, 0.2) is 18.2 Å². The second-order valence-corrected chi connectivity index (χ2v) is 10.4. The van der Waals surface area contributed by atoms with Crippen molar-refractivity contribution >= 4 is 27.7 Å². The number of ether oxygens (including phenoxy) is 1. The molecule has 0 aromatic heterocycles. The number of nitrogens with zero attached hydrogens (tertiary/aromatic N) is 2. The van der Waals surface area contributed by atoms with E-state index in [9.17, 15) is 17.6 Å². The summed E-state index contributed by atoms with van der Waals surface area (Å²) in [6, 6.07) is 4.69. The fourth-order valence-corrected chi connectivity index (χ4v) is 6.00. The van der Waals surface area contributed by atoms with Crippen LogP contribution in [0.2, 0.25) is 5.02 Å². The first kappa shape index (κ1) is 23.2. The van der Waals surface area contributed by atoms with Crippen LogP contribution in [0.3, 0.4) is 0 Å². The molecule has 0 radical (unpaired) electrons. The van der Waals surface area contributed by atoms with Crippen LogP contribution >= 0.6 is 11.6 Å². The molecule has 2 aliphatic rings. The Bertz CT molecular complexity index is 862. The number of hydrogen-bond donors (Lipinski definition) is 1. The smallest absolute Gasteiger partial charge is 0.409 e. The van der Waals surface area contributed by atoms with Gasteiger partial charge in [-0.1, -0.05) is 17.7 Å². The second kappa shape index (κ2) is 9.80. The molecule has 2 heterocycles. The van der Waals surface area contributed by atoms with Crippen LogP contribution in [-0.4, -0.2) is 69.4 Å². The number of amides is 1. The SMILES string of the molecule is CCOC(=O)N1CCC(S(=O)(=O)NCC2CCN(C)C2c2ccc(Cl)c(F)c2)CC1. The molecule has 1 amide bonds. The van der Waals surface area contributed by atoms with Gasteiger partial charge in [0.15, 0.2) is 0 Å². The summed E-state index contributed by atoms with van der Waals surface area (Å²) in [7, 11) is -1.56. The van der Waals surface area contributed by atoms with E-state index in [2.05, 4.69) is 9.62 Å². The Morgan fingerprint density at radius 2 is 1.97 bits per heavy atom. The monoisotopic (exact) mass is 461 g/mol. The van der Waals surface area contributed by atoms with Crippen molar-refractivity contribution in [2.24, 2.45) is 5.92 Å². The maximum atomic E-state index is 13.9. The Hall–Kier alpha value is -1.42. The number of hydrogen-bond acceptors (Lipinski definition) is 5. The zero-order chi connectivity index (χ0) is 21.9. The summed E-state index contributed by atoms with van der Waals surface area (Å²) in [5, 5.41) is -0.459. The van der Waals surface area contributed by atoms with E-state index in [0.717, 1.165) is 18.5 Å². The first-order valence-electron chi connectivity index (χ1n) is 10.3. The van der Waals surface area contributed by atoms with Crippen molar-refractivity contribution in [3.8, 4) is 0 Å². The van der Waals surface area contributed by atoms with Crippen LogP contribution in [0.1, 0.15) is 37.8 Å². The van der Waals surface area contributed by atoms with Gasteiger partial charge < -0.3 is 9.64 Å². The van der Waals surface area contributed by atoms with Crippen molar-refractivity contribution in [1.29, 1.82) is 0 Å². The van der Waals surface area contributed by atoms with Crippen LogP contribution in [-0.2, 0) is 14.8 Å². The van der Waals surface area contributed by atoms with Crippen LogP contribution in [0.4, 0.5) is 9.18 Å². The molecule has 0 aliphatic carbocycles. The number of rotatable bonds is 6. The van der Waals surface area contributed by atoms with Gasteiger partial charge in [0.05, 0.1) is 16.9 Å². The highest BCUT2D eigenvalue weighted by Crippen LogP contribution is 2.37. The molecule has 0 saturated carbocycles. The van der Waals surface area contributed by atoms with Crippen molar-refractivity contribution in [2.75, 3.05) is 39.8 Å². The molecule has 2 aliphatic heterocycles. The molecule has 168 valence electrons. The molecule has 2 atom stereocenters. The minimum absolute atomic E-state index is 0.0324. The number of halogens is 2. The number of likely N-dealkylation sites (tertiary alicyclic amines) is 2. The van der Waals surface area contributed by atoms with E-state index in [1.165, 1.54) is 12.1 Å². The van der Waals surface area contributed by atoms with Crippen molar-refractivity contribution in [3.63, 3.8) is 0 Å². The summed E-state index contributed by atoms with van der Waals surface area (Å²) in [4.78, 5) is 15.5. The zero-order valence-corrected chi connectivity index (χ0v) is 18.9. The van der Waals surface area contributed by atoms with Crippen molar-refractivity contribution in [3.05, 3.63) is 34.6 Å². The summed E-state index contributed by atoms with van der Waals surface area (Å²) in [6.07, 6.45) is 1.18. The van der Waals surface area contributed by atoms with Crippen LogP contribution in [0, 0.1) is 11.7 Å². The minimum atomic E-state index is -3.51. The number of nitrogens with one attached hydrogen (secondary N) is 1. The lowest BCUT2D eigenvalue weighted by molar-refractivity contribution is 0.1000.